The van der Waals surface area contributed by atoms with Gasteiger partial charge in [0.15, 0.2) is 0 Å². The highest BCUT2D eigenvalue weighted by Crippen LogP contribution is 2.40. The van der Waals surface area contributed by atoms with E-state index >= 15 is 0 Å². The third-order valence-corrected chi connectivity index (χ3v) is 5.64. The molecule has 1 fully saturated rings. The highest BCUT2D eigenvalue weighted by molar-refractivity contribution is 6.40. The molecule has 0 saturated heterocycles. The first-order chi connectivity index (χ1) is 10.9. The molecule has 0 radical (unpaired) electrons. The van der Waals surface area contributed by atoms with Crippen LogP contribution in [0, 0.1) is 12.8 Å². The molecule has 23 heavy (non-hydrogen) atoms. The topological polar surface area (TPSA) is 66.5 Å². The van der Waals surface area contributed by atoms with Gasteiger partial charge in [0.25, 0.3) is 0 Å². The summed E-state index contributed by atoms with van der Waals surface area (Å²) in [6.45, 7) is 4.32. The molecule has 1 atom stereocenters. The summed E-state index contributed by atoms with van der Waals surface area (Å²) in [5, 5.41) is 17.8. The zero-order valence-electron chi connectivity index (χ0n) is 14.7. The fourth-order valence-electron chi connectivity index (χ4n) is 3.96. The van der Waals surface area contributed by atoms with Crippen LogP contribution in [-0.4, -0.2) is 22.7 Å². The lowest BCUT2D eigenvalue weighted by molar-refractivity contribution is 0.195. The predicted octanol–water partition coefficient (Wildman–Crippen LogP) is 3.63. The Hall–Kier alpha value is -0.835. The van der Waals surface area contributed by atoms with Crippen LogP contribution in [0.3, 0.4) is 0 Å². The standard InChI is InChI=1S/C19H32BNO2/c1-15-5-7-16(8-6-15)17-9-11-18(12-10-17)19(2,21)13-3-4-14-20(22)23/h5-8,17-18,22-23H,3-4,9-14,21H2,1-2H3. The molecule has 0 aliphatic heterocycles. The highest BCUT2D eigenvalue weighted by atomic mass is 16.4. The minimum Gasteiger partial charge on any atom is -0.427 e. The molecule has 4 N–H and O–H groups in total. The number of hydrogen-bond donors (Lipinski definition) is 3. The van der Waals surface area contributed by atoms with Gasteiger partial charge in [0.1, 0.15) is 0 Å². The molecule has 3 nitrogen and oxygen atoms in total. The molecule has 0 amide bonds. The summed E-state index contributed by atoms with van der Waals surface area (Å²) in [6.07, 6.45) is 8.11. The lowest BCUT2D eigenvalue weighted by Gasteiger charge is -2.39. The third-order valence-electron chi connectivity index (χ3n) is 5.64. The van der Waals surface area contributed by atoms with Gasteiger partial charge in [-0.3, -0.25) is 0 Å². The summed E-state index contributed by atoms with van der Waals surface area (Å²) < 4.78 is 0. The number of hydrogen-bond acceptors (Lipinski definition) is 3. The Labute approximate surface area is 141 Å². The quantitative estimate of drug-likeness (QED) is 0.531. The van der Waals surface area contributed by atoms with E-state index in [4.69, 9.17) is 15.8 Å². The van der Waals surface area contributed by atoms with Gasteiger partial charge in [-0.15, -0.1) is 0 Å². The molecule has 1 aromatic carbocycles. The summed E-state index contributed by atoms with van der Waals surface area (Å²) in [6, 6.07) is 8.98. The third kappa shape index (κ3) is 5.63. The highest BCUT2D eigenvalue weighted by Gasteiger charge is 2.33. The van der Waals surface area contributed by atoms with Crippen LogP contribution in [-0.2, 0) is 0 Å². The number of aryl methyl sites for hydroxylation is 1. The molecule has 4 heteroatoms. The molecular formula is C19H32BNO2. The molecule has 0 bridgehead atoms. The van der Waals surface area contributed by atoms with Gasteiger partial charge in [0.2, 0.25) is 0 Å². The number of nitrogens with two attached hydrogens (primary N) is 1. The Morgan fingerprint density at radius 2 is 1.70 bits per heavy atom. The zero-order chi connectivity index (χ0) is 16.9. The van der Waals surface area contributed by atoms with Gasteiger partial charge in [0.05, 0.1) is 0 Å². The summed E-state index contributed by atoms with van der Waals surface area (Å²) in [4.78, 5) is 0. The Bertz CT molecular complexity index is 465. The monoisotopic (exact) mass is 317 g/mol. The van der Waals surface area contributed by atoms with Crippen molar-refractivity contribution in [3.05, 3.63) is 35.4 Å². The maximum atomic E-state index is 8.91. The maximum absolute atomic E-state index is 8.91. The molecule has 0 heterocycles. The van der Waals surface area contributed by atoms with E-state index in [1.807, 2.05) is 0 Å². The van der Waals surface area contributed by atoms with E-state index < -0.39 is 7.12 Å². The molecule has 2 rings (SSSR count). The fourth-order valence-corrected chi connectivity index (χ4v) is 3.96. The average Bonchev–Trinajstić information content (AvgIpc) is 2.52. The summed E-state index contributed by atoms with van der Waals surface area (Å²) in [7, 11) is -1.18. The number of unbranched alkanes of at least 4 members (excludes halogenated alkanes) is 1. The van der Waals surface area contributed by atoms with Crippen molar-refractivity contribution in [3.63, 3.8) is 0 Å². The van der Waals surface area contributed by atoms with Gasteiger partial charge in [-0.1, -0.05) is 42.7 Å². The van der Waals surface area contributed by atoms with E-state index in [0.29, 0.717) is 18.2 Å². The van der Waals surface area contributed by atoms with E-state index in [9.17, 15) is 0 Å². The first kappa shape index (κ1) is 18.5. The summed E-state index contributed by atoms with van der Waals surface area (Å²) in [5.41, 5.74) is 9.26. The van der Waals surface area contributed by atoms with Gasteiger partial charge in [0, 0.05) is 5.54 Å². The first-order valence-electron chi connectivity index (χ1n) is 9.10. The second-order valence-corrected chi connectivity index (χ2v) is 7.69. The van der Waals surface area contributed by atoms with Gasteiger partial charge < -0.3 is 15.8 Å². The van der Waals surface area contributed by atoms with Crippen molar-refractivity contribution in [1.82, 2.24) is 0 Å². The SMILES string of the molecule is Cc1ccc(C2CCC(C(C)(N)CCCCB(O)O)CC2)cc1. The Balaban J connectivity index is 1.79. The number of rotatable bonds is 7. The lowest BCUT2D eigenvalue weighted by atomic mass is 9.69. The molecule has 128 valence electrons. The van der Waals surface area contributed by atoms with Crippen LogP contribution in [0.25, 0.3) is 0 Å². The Kier molecular flexibility index (Phi) is 6.69. The lowest BCUT2D eigenvalue weighted by Crippen LogP contribution is -2.45. The Morgan fingerprint density at radius 1 is 1.09 bits per heavy atom. The van der Waals surface area contributed by atoms with Crippen LogP contribution in [0.15, 0.2) is 24.3 Å². The van der Waals surface area contributed by atoms with Crippen molar-refractivity contribution in [2.24, 2.45) is 11.7 Å². The average molecular weight is 317 g/mol. The van der Waals surface area contributed by atoms with Gasteiger partial charge in [-0.05, 0) is 69.7 Å². The number of benzene rings is 1. The van der Waals surface area contributed by atoms with Gasteiger partial charge >= 0.3 is 7.12 Å². The smallest absolute Gasteiger partial charge is 0.427 e. The molecule has 0 aromatic heterocycles. The minimum atomic E-state index is -1.18. The zero-order valence-corrected chi connectivity index (χ0v) is 14.7. The van der Waals surface area contributed by atoms with Crippen molar-refractivity contribution in [2.75, 3.05) is 0 Å². The molecule has 1 aromatic rings. The summed E-state index contributed by atoms with van der Waals surface area (Å²) >= 11 is 0. The molecule has 1 unspecified atom stereocenters. The van der Waals surface area contributed by atoms with Crippen LogP contribution in [0.1, 0.15) is 68.9 Å². The van der Waals surface area contributed by atoms with E-state index in [1.165, 1.54) is 36.8 Å². The van der Waals surface area contributed by atoms with Crippen molar-refractivity contribution in [1.29, 1.82) is 0 Å². The minimum absolute atomic E-state index is 0.126. The molecule has 0 spiro atoms. The fraction of sp³-hybridized carbons (Fsp3) is 0.684. The van der Waals surface area contributed by atoms with E-state index in [1.54, 1.807) is 0 Å². The van der Waals surface area contributed by atoms with Crippen LogP contribution in [0.5, 0.6) is 0 Å². The van der Waals surface area contributed by atoms with E-state index in [-0.39, 0.29) is 5.54 Å². The Morgan fingerprint density at radius 3 is 2.26 bits per heavy atom. The molecule has 1 aliphatic rings. The molecule has 1 saturated carbocycles. The second-order valence-electron chi connectivity index (χ2n) is 7.69. The normalized spacial score (nSPS) is 24.2. The van der Waals surface area contributed by atoms with Crippen LogP contribution in [0.4, 0.5) is 0 Å². The summed E-state index contributed by atoms with van der Waals surface area (Å²) in [5.74, 6) is 1.27. The molecule has 1 aliphatic carbocycles. The van der Waals surface area contributed by atoms with Gasteiger partial charge in [-0.2, -0.15) is 0 Å². The van der Waals surface area contributed by atoms with Crippen molar-refractivity contribution >= 4 is 7.12 Å². The van der Waals surface area contributed by atoms with E-state index in [0.717, 1.165) is 19.3 Å². The molecular weight excluding hydrogens is 285 g/mol. The van der Waals surface area contributed by atoms with Crippen molar-refractivity contribution < 1.29 is 10.0 Å². The van der Waals surface area contributed by atoms with Gasteiger partial charge in [-0.25, -0.2) is 0 Å². The van der Waals surface area contributed by atoms with Crippen molar-refractivity contribution in [3.8, 4) is 0 Å². The van der Waals surface area contributed by atoms with E-state index in [2.05, 4.69) is 38.1 Å². The predicted molar refractivity (Wildman–Crippen MR) is 97.3 cm³/mol. The van der Waals surface area contributed by atoms with Crippen LogP contribution >= 0.6 is 0 Å². The largest absolute Gasteiger partial charge is 0.451 e. The maximum Gasteiger partial charge on any atom is 0.451 e. The van der Waals surface area contributed by atoms with Crippen LogP contribution < -0.4 is 5.73 Å². The van der Waals surface area contributed by atoms with Crippen molar-refractivity contribution in [2.45, 2.75) is 76.6 Å². The van der Waals surface area contributed by atoms with Crippen LogP contribution in [0.2, 0.25) is 6.32 Å². The second kappa shape index (κ2) is 8.32. The first-order valence-corrected chi connectivity index (χ1v) is 9.10.